The van der Waals surface area contributed by atoms with Crippen LogP contribution >= 0.6 is 0 Å². The Kier molecular flexibility index (Phi) is 6.11. The number of ether oxygens (including phenoxy) is 1. The smallest absolute Gasteiger partial charge is 0.322 e. The number of methoxy groups -OCH3 is 1. The molecule has 1 unspecified atom stereocenters. The van der Waals surface area contributed by atoms with Crippen LogP contribution in [0, 0.1) is 0 Å². The number of carboxylic acids is 1. The van der Waals surface area contributed by atoms with Gasteiger partial charge in [0, 0.05) is 6.04 Å². The van der Waals surface area contributed by atoms with Crippen LogP contribution in [-0.2, 0) is 24.3 Å². The first-order valence-electron chi connectivity index (χ1n) is 5.02. The van der Waals surface area contributed by atoms with Gasteiger partial charge in [0.25, 0.3) is 0 Å². The van der Waals surface area contributed by atoms with Crippen molar-refractivity contribution in [2.45, 2.75) is 26.3 Å². The summed E-state index contributed by atoms with van der Waals surface area (Å²) in [7, 11) is -2.89. The first kappa shape index (κ1) is 15.9. The summed E-state index contributed by atoms with van der Waals surface area (Å²) in [5.41, 5.74) is 0. The Balaban J connectivity index is 5.02. The highest BCUT2D eigenvalue weighted by atomic mass is 32.2. The molecule has 0 saturated carbocycles. The zero-order valence-corrected chi connectivity index (χ0v) is 10.9. The van der Waals surface area contributed by atoms with Crippen molar-refractivity contribution in [3.05, 3.63) is 0 Å². The Morgan fingerprint density at radius 1 is 1.41 bits per heavy atom. The van der Waals surface area contributed by atoms with E-state index in [1.807, 2.05) is 0 Å². The fourth-order valence-electron chi connectivity index (χ4n) is 1.16. The van der Waals surface area contributed by atoms with Crippen molar-refractivity contribution < 1.29 is 27.9 Å². The summed E-state index contributed by atoms with van der Waals surface area (Å²) in [6, 6.07) is -0.485. The van der Waals surface area contributed by atoms with E-state index >= 15 is 0 Å². The lowest BCUT2D eigenvalue weighted by atomic mass is 10.2. The number of rotatable bonds is 7. The third kappa shape index (κ3) is 5.14. The van der Waals surface area contributed by atoms with Crippen LogP contribution in [0.3, 0.4) is 0 Å². The molecule has 1 N–H and O–H groups in total. The predicted molar refractivity (Wildman–Crippen MR) is 59.9 cm³/mol. The SMILES string of the molecule is CCC(C)N(CC(=O)O)S(=O)(=O)CC(=O)OC. The molecule has 0 fully saturated rings. The van der Waals surface area contributed by atoms with Crippen LogP contribution in [0.5, 0.6) is 0 Å². The summed E-state index contributed by atoms with van der Waals surface area (Å²) >= 11 is 0. The molecule has 0 rings (SSSR count). The lowest BCUT2D eigenvalue weighted by Crippen LogP contribution is -2.44. The number of nitrogens with zero attached hydrogens (tertiary/aromatic N) is 1. The van der Waals surface area contributed by atoms with E-state index in [0.29, 0.717) is 6.42 Å². The second-order valence-electron chi connectivity index (χ2n) is 3.53. The Labute approximate surface area is 100 Å². The molecule has 0 aliphatic carbocycles. The fraction of sp³-hybridized carbons (Fsp3) is 0.778. The summed E-state index contributed by atoms with van der Waals surface area (Å²) < 4.78 is 28.7. The molecule has 0 bridgehead atoms. The summed E-state index contributed by atoms with van der Waals surface area (Å²) in [6.45, 7) is 2.65. The van der Waals surface area contributed by atoms with E-state index < -0.39 is 40.3 Å². The van der Waals surface area contributed by atoms with E-state index in [1.54, 1.807) is 13.8 Å². The van der Waals surface area contributed by atoms with Crippen LogP contribution in [0.4, 0.5) is 0 Å². The lowest BCUT2D eigenvalue weighted by Gasteiger charge is -2.25. The van der Waals surface area contributed by atoms with E-state index in [4.69, 9.17) is 5.11 Å². The maximum absolute atomic E-state index is 11.8. The second-order valence-corrected chi connectivity index (χ2v) is 5.45. The number of carbonyl (C=O) groups is 2. The van der Waals surface area contributed by atoms with Gasteiger partial charge in [-0.15, -0.1) is 0 Å². The molecule has 17 heavy (non-hydrogen) atoms. The maximum Gasteiger partial charge on any atom is 0.322 e. The minimum atomic E-state index is -3.96. The van der Waals surface area contributed by atoms with Crippen molar-refractivity contribution >= 4 is 22.0 Å². The minimum absolute atomic E-state index is 0.452. The van der Waals surface area contributed by atoms with Crippen LogP contribution in [0.2, 0.25) is 0 Å². The zero-order chi connectivity index (χ0) is 13.6. The summed E-state index contributed by atoms with van der Waals surface area (Å²) in [4.78, 5) is 21.6. The molecule has 0 saturated heterocycles. The Bertz CT molecular complexity index is 377. The normalized spacial score (nSPS) is 13.4. The summed E-state index contributed by atoms with van der Waals surface area (Å²) in [5, 5.41) is 8.66. The quantitative estimate of drug-likeness (QED) is 0.634. The van der Waals surface area contributed by atoms with Gasteiger partial charge in [0.15, 0.2) is 5.75 Å². The van der Waals surface area contributed by atoms with Gasteiger partial charge in [0.05, 0.1) is 7.11 Å². The van der Waals surface area contributed by atoms with Gasteiger partial charge in [-0.3, -0.25) is 9.59 Å². The van der Waals surface area contributed by atoms with Gasteiger partial charge in [-0.2, -0.15) is 4.31 Å². The molecule has 100 valence electrons. The molecule has 0 radical (unpaired) electrons. The van der Waals surface area contributed by atoms with E-state index in [2.05, 4.69) is 4.74 Å². The number of aliphatic carboxylic acids is 1. The van der Waals surface area contributed by atoms with Gasteiger partial charge in [-0.1, -0.05) is 6.92 Å². The summed E-state index contributed by atoms with van der Waals surface area (Å²) in [6.07, 6.45) is 0.452. The van der Waals surface area contributed by atoms with E-state index in [0.717, 1.165) is 11.4 Å². The van der Waals surface area contributed by atoms with Gasteiger partial charge >= 0.3 is 11.9 Å². The lowest BCUT2D eigenvalue weighted by molar-refractivity contribution is -0.139. The largest absolute Gasteiger partial charge is 0.480 e. The molecule has 8 heteroatoms. The number of carbonyl (C=O) groups excluding carboxylic acids is 1. The molecule has 0 spiro atoms. The van der Waals surface area contributed by atoms with Gasteiger partial charge in [0.2, 0.25) is 10.0 Å². The third-order valence-electron chi connectivity index (χ3n) is 2.26. The van der Waals surface area contributed by atoms with Crippen molar-refractivity contribution in [2.24, 2.45) is 0 Å². The molecule has 0 heterocycles. The highest BCUT2D eigenvalue weighted by Crippen LogP contribution is 2.10. The molecular weight excluding hydrogens is 250 g/mol. The Morgan fingerprint density at radius 3 is 2.29 bits per heavy atom. The third-order valence-corrected chi connectivity index (χ3v) is 4.06. The van der Waals surface area contributed by atoms with Crippen molar-refractivity contribution in [3.63, 3.8) is 0 Å². The van der Waals surface area contributed by atoms with E-state index in [9.17, 15) is 18.0 Å². The molecular formula is C9H17NO6S. The molecule has 0 aromatic carbocycles. The topological polar surface area (TPSA) is 101 Å². The van der Waals surface area contributed by atoms with Crippen LogP contribution in [0.15, 0.2) is 0 Å². The van der Waals surface area contributed by atoms with Crippen molar-refractivity contribution in [1.29, 1.82) is 0 Å². The number of esters is 1. The van der Waals surface area contributed by atoms with Crippen LogP contribution in [0.1, 0.15) is 20.3 Å². The monoisotopic (exact) mass is 267 g/mol. The Morgan fingerprint density at radius 2 is 1.94 bits per heavy atom. The highest BCUT2D eigenvalue weighted by Gasteiger charge is 2.30. The molecule has 7 nitrogen and oxygen atoms in total. The van der Waals surface area contributed by atoms with Crippen LogP contribution in [0.25, 0.3) is 0 Å². The average Bonchev–Trinajstić information content (AvgIpc) is 2.23. The number of carboxylic acid groups (broad SMARTS) is 1. The highest BCUT2D eigenvalue weighted by molar-refractivity contribution is 7.89. The number of sulfonamides is 1. The molecule has 0 aliphatic heterocycles. The van der Waals surface area contributed by atoms with Crippen molar-refractivity contribution in [3.8, 4) is 0 Å². The van der Waals surface area contributed by atoms with Crippen molar-refractivity contribution in [1.82, 2.24) is 4.31 Å². The van der Waals surface area contributed by atoms with E-state index in [1.165, 1.54) is 0 Å². The zero-order valence-electron chi connectivity index (χ0n) is 10.0. The van der Waals surface area contributed by atoms with Crippen LogP contribution < -0.4 is 0 Å². The molecule has 1 atom stereocenters. The van der Waals surface area contributed by atoms with Crippen molar-refractivity contribution in [2.75, 3.05) is 19.4 Å². The maximum atomic E-state index is 11.8. The molecule has 0 aliphatic rings. The second kappa shape index (κ2) is 6.55. The Hall–Kier alpha value is -1.15. The molecule has 0 aromatic rings. The van der Waals surface area contributed by atoms with E-state index in [-0.39, 0.29) is 0 Å². The fourth-order valence-corrected chi connectivity index (χ4v) is 2.74. The van der Waals surface area contributed by atoms with Gasteiger partial charge in [-0.25, -0.2) is 8.42 Å². The van der Waals surface area contributed by atoms with Crippen LogP contribution in [-0.4, -0.2) is 55.2 Å². The first-order valence-corrected chi connectivity index (χ1v) is 6.63. The van der Waals surface area contributed by atoms with Gasteiger partial charge in [0.1, 0.15) is 6.54 Å². The predicted octanol–water partition coefficient (Wildman–Crippen LogP) is -0.326. The first-order chi connectivity index (χ1) is 7.74. The van der Waals surface area contributed by atoms with Gasteiger partial charge < -0.3 is 9.84 Å². The molecule has 0 aromatic heterocycles. The number of hydrogen-bond acceptors (Lipinski definition) is 5. The number of hydrogen-bond donors (Lipinski definition) is 1. The molecule has 0 amide bonds. The standard InChI is InChI=1S/C9H17NO6S/c1-4-7(2)10(5-8(11)12)17(14,15)6-9(13)16-3/h7H,4-6H2,1-3H3,(H,11,12). The summed E-state index contributed by atoms with van der Waals surface area (Å²) in [5.74, 6) is -3.02. The minimum Gasteiger partial charge on any atom is -0.480 e. The average molecular weight is 267 g/mol. The van der Waals surface area contributed by atoms with Gasteiger partial charge in [-0.05, 0) is 13.3 Å².